The number of ether oxygens (including phenoxy) is 1. The Hall–Kier alpha value is -0.120. The second kappa shape index (κ2) is 5.58. The summed E-state index contributed by atoms with van der Waals surface area (Å²) in [5, 5.41) is 3.16. The molecule has 0 aliphatic carbocycles. The van der Waals surface area contributed by atoms with Crippen LogP contribution >= 0.6 is 0 Å². The van der Waals surface area contributed by atoms with E-state index in [4.69, 9.17) is 4.74 Å². The first kappa shape index (κ1) is 11.0. The number of nitrogens with one attached hydrogen (secondary N) is 1. The van der Waals surface area contributed by atoms with Crippen LogP contribution in [0.2, 0.25) is 0 Å². The third-order valence-electron chi connectivity index (χ3n) is 2.62. The summed E-state index contributed by atoms with van der Waals surface area (Å²) in [6.45, 7) is 8.64. The zero-order chi connectivity index (χ0) is 9.68. The van der Waals surface area contributed by atoms with Crippen molar-refractivity contribution in [3.8, 4) is 0 Å². The molecule has 1 rings (SSSR count). The SMILES string of the molecule is CNCCC1CN(C(C)C)CCO1. The van der Waals surface area contributed by atoms with Crippen molar-refractivity contribution in [2.75, 3.05) is 33.3 Å². The molecule has 0 bridgehead atoms. The molecule has 1 heterocycles. The Morgan fingerprint density at radius 2 is 2.31 bits per heavy atom. The second-order valence-electron chi connectivity index (χ2n) is 3.97. The van der Waals surface area contributed by atoms with Crippen LogP contribution in [0.4, 0.5) is 0 Å². The minimum Gasteiger partial charge on any atom is -0.376 e. The highest BCUT2D eigenvalue weighted by Gasteiger charge is 2.21. The number of hydrogen-bond donors (Lipinski definition) is 1. The maximum absolute atomic E-state index is 5.68. The van der Waals surface area contributed by atoms with Crippen LogP contribution in [-0.4, -0.2) is 50.3 Å². The van der Waals surface area contributed by atoms with Gasteiger partial charge in [0.1, 0.15) is 0 Å². The topological polar surface area (TPSA) is 24.5 Å². The molecule has 0 aromatic heterocycles. The van der Waals surface area contributed by atoms with Crippen LogP contribution in [0.1, 0.15) is 20.3 Å². The zero-order valence-electron chi connectivity index (χ0n) is 9.05. The van der Waals surface area contributed by atoms with Crippen molar-refractivity contribution in [2.45, 2.75) is 32.4 Å². The van der Waals surface area contributed by atoms with Gasteiger partial charge in [-0.2, -0.15) is 0 Å². The molecule has 78 valence electrons. The highest BCUT2D eigenvalue weighted by molar-refractivity contribution is 4.74. The molecule has 0 aromatic rings. The van der Waals surface area contributed by atoms with Crippen LogP contribution in [0.15, 0.2) is 0 Å². The minimum atomic E-state index is 0.434. The molecule has 0 radical (unpaired) electrons. The Labute approximate surface area is 81.4 Å². The predicted molar refractivity (Wildman–Crippen MR) is 55.0 cm³/mol. The summed E-state index contributed by atoms with van der Waals surface area (Å²) >= 11 is 0. The normalized spacial score (nSPS) is 25.4. The van der Waals surface area contributed by atoms with E-state index in [2.05, 4.69) is 24.1 Å². The van der Waals surface area contributed by atoms with Gasteiger partial charge in [0.2, 0.25) is 0 Å². The lowest BCUT2D eigenvalue weighted by Crippen LogP contribution is -2.46. The highest BCUT2D eigenvalue weighted by atomic mass is 16.5. The zero-order valence-corrected chi connectivity index (χ0v) is 9.05. The first-order valence-electron chi connectivity index (χ1n) is 5.24. The average molecular weight is 186 g/mol. The van der Waals surface area contributed by atoms with Gasteiger partial charge in [-0.15, -0.1) is 0 Å². The lowest BCUT2D eigenvalue weighted by Gasteiger charge is -2.35. The van der Waals surface area contributed by atoms with Gasteiger partial charge in [0, 0.05) is 19.1 Å². The van der Waals surface area contributed by atoms with Crippen LogP contribution < -0.4 is 5.32 Å². The predicted octanol–water partition coefficient (Wildman–Crippen LogP) is 0.705. The molecule has 3 heteroatoms. The van der Waals surface area contributed by atoms with E-state index in [0.29, 0.717) is 12.1 Å². The Balaban J connectivity index is 2.25. The Kier molecular flexibility index (Phi) is 4.70. The molecule has 0 aromatic carbocycles. The van der Waals surface area contributed by atoms with Crippen molar-refractivity contribution < 1.29 is 4.74 Å². The first-order valence-corrected chi connectivity index (χ1v) is 5.24. The largest absolute Gasteiger partial charge is 0.376 e. The Morgan fingerprint density at radius 3 is 2.92 bits per heavy atom. The fourth-order valence-electron chi connectivity index (χ4n) is 1.69. The van der Waals surface area contributed by atoms with Crippen molar-refractivity contribution in [1.29, 1.82) is 0 Å². The lowest BCUT2D eigenvalue weighted by molar-refractivity contribution is -0.0412. The van der Waals surface area contributed by atoms with Crippen molar-refractivity contribution in [3.05, 3.63) is 0 Å². The molecule has 1 aliphatic heterocycles. The molecule has 1 aliphatic rings. The van der Waals surface area contributed by atoms with E-state index in [9.17, 15) is 0 Å². The summed E-state index contributed by atoms with van der Waals surface area (Å²) in [5.74, 6) is 0. The monoisotopic (exact) mass is 186 g/mol. The van der Waals surface area contributed by atoms with E-state index in [-0.39, 0.29) is 0 Å². The van der Waals surface area contributed by atoms with E-state index >= 15 is 0 Å². The number of rotatable bonds is 4. The summed E-state index contributed by atoms with van der Waals surface area (Å²) in [6.07, 6.45) is 1.56. The molecule has 3 nitrogen and oxygen atoms in total. The first-order chi connectivity index (χ1) is 6.24. The van der Waals surface area contributed by atoms with Gasteiger partial charge in [0.05, 0.1) is 12.7 Å². The maximum Gasteiger partial charge on any atom is 0.0714 e. The van der Waals surface area contributed by atoms with E-state index in [1.54, 1.807) is 0 Å². The Bertz CT molecular complexity index is 139. The standard InChI is InChI=1S/C10H22N2O/c1-9(2)12-6-7-13-10(8-12)4-5-11-3/h9-11H,4-8H2,1-3H3. The van der Waals surface area contributed by atoms with Gasteiger partial charge >= 0.3 is 0 Å². The lowest BCUT2D eigenvalue weighted by atomic mass is 10.2. The quantitative estimate of drug-likeness (QED) is 0.699. The fraction of sp³-hybridized carbons (Fsp3) is 1.00. The summed E-state index contributed by atoms with van der Waals surface area (Å²) in [5.41, 5.74) is 0. The molecular formula is C10H22N2O. The van der Waals surface area contributed by atoms with E-state index in [1.165, 1.54) is 0 Å². The van der Waals surface area contributed by atoms with Gasteiger partial charge in [-0.05, 0) is 33.9 Å². The molecule has 1 saturated heterocycles. The number of hydrogen-bond acceptors (Lipinski definition) is 3. The van der Waals surface area contributed by atoms with Crippen molar-refractivity contribution in [2.24, 2.45) is 0 Å². The van der Waals surface area contributed by atoms with Crippen molar-refractivity contribution >= 4 is 0 Å². The van der Waals surface area contributed by atoms with Crippen LogP contribution in [-0.2, 0) is 4.74 Å². The van der Waals surface area contributed by atoms with E-state index in [1.807, 2.05) is 7.05 Å². The Morgan fingerprint density at radius 1 is 1.54 bits per heavy atom. The van der Waals surface area contributed by atoms with Gasteiger partial charge in [-0.25, -0.2) is 0 Å². The molecule has 1 atom stereocenters. The third-order valence-corrected chi connectivity index (χ3v) is 2.62. The molecular weight excluding hydrogens is 164 g/mol. The molecule has 13 heavy (non-hydrogen) atoms. The van der Waals surface area contributed by atoms with Crippen LogP contribution in [0.3, 0.4) is 0 Å². The molecule has 1 N–H and O–H groups in total. The third kappa shape index (κ3) is 3.63. The summed E-state index contributed by atoms with van der Waals surface area (Å²) < 4.78 is 5.68. The molecule has 1 unspecified atom stereocenters. The van der Waals surface area contributed by atoms with Crippen LogP contribution in [0.5, 0.6) is 0 Å². The number of nitrogens with zero attached hydrogens (tertiary/aromatic N) is 1. The second-order valence-corrected chi connectivity index (χ2v) is 3.97. The summed E-state index contributed by atoms with van der Waals surface area (Å²) in [4.78, 5) is 2.49. The fourth-order valence-corrected chi connectivity index (χ4v) is 1.69. The number of morpholine rings is 1. The van der Waals surface area contributed by atoms with Gasteiger partial charge in [-0.3, -0.25) is 4.90 Å². The maximum atomic E-state index is 5.68. The molecule has 1 fully saturated rings. The minimum absolute atomic E-state index is 0.434. The smallest absolute Gasteiger partial charge is 0.0714 e. The van der Waals surface area contributed by atoms with Gasteiger partial charge in [-0.1, -0.05) is 0 Å². The molecule has 0 amide bonds. The van der Waals surface area contributed by atoms with Gasteiger partial charge in [0.25, 0.3) is 0 Å². The van der Waals surface area contributed by atoms with Gasteiger partial charge < -0.3 is 10.1 Å². The van der Waals surface area contributed by atoms with Gasteiger partial charge in [0.15, 0.2) is 0 Å². The van der Waals surface area contributed by atoms with E-state index < -0.39 is 0 Å². The summed E-state index contributed by atoms with van der Waals surface area (Å²) in [6, 6.07) is 0.654. The average Bonchev–Trinajstić information content (AvgIpc) is 2.15. The van der Waals surface area contributed by atoms with Crippen molar-refractivity contribution in [3.63, 3.8) is 0 Å². The molecule has 0 spiro atoms. The molecule has 0 saturated carbocycles. The van der Waals surface area contributed by atoms with Crippen molar-refractivity contribution in [1.82, 2.24) is 10.2 Å². The van der Waals surface area contributed by atoms with Crippen LogP contribution in [0.25, 0.3) is 0 Å². The highest BCUT2D eigenvalue weighted by Crippen LogP contribution is 2.10. The van der Waals surface area contributed by atoms with Crippen LogP contribution in [0, 0.1) is 0 Å². The summed E-state index contributed by atoms with van der Waals surface area (Å²) in [7, 11) is 1.99. The van der Waals surface area contributed by atoms with E-state index in [0.717, 1.165) is 32.7 Å².